The van der Waals surface area contributed by atoms with Gasteiger partial charge in [0.1, 0.15) is 0 Å². The molecule has 1 aromatic carbocycles. The van der Waals surface area contributed by atoms with Gasteiger partial charge in [-0.1, -0.05) is 26.0 Å². The molecular formula is C14H19N5O2. The lowest BCUT2D eigenvalue weighted by Gasteiger charge is -2.23. The van der Waals surface area contributed by atoms with Gasteiger partial charge < -0.3 is 10.8 Å². The van der Waals surface area contributed by atoms with Crippen molar-refractivity contribution in [2.24, 2.45) is 5.73 Å². The van der Waals surface area contributed by atoms with Crippen LogP contribution in [0.1, 0.15) is 37.0 Å². The van der Waals surface area contributed by atoms with Crippen molar-refractivity contribution >= 4 is 5.91 Å². The van der Waals surface area contributed by atoms with Crippen LogP contribution in [0.25, 0.3) is 11.4 Å². The summed E-state index contributed by atoms with van der Waals surface area (Å²) in [7, 11) is 0. The molecule has 112 valence electrons. The highest BCUT2D eigenvalue weighted by Gasteiger charge is 2.24. The number of benzene rings is 1. The first kappa shape index (κ1) is 15.1. The number of aliphatic hydroxyl groups is 1. The number of rotatable bonds is 6. The molecule has 0 unspecified atom stereocenters. The Labute approximate surface area is 122 Å². The number of hydrogen-bond acceptors (Lipinski definition) is 5. The molecule has 0 spiro atoms. The van der Waals surface area contributed by atoms with E-state index in [-0.39, 0.29) is 0 Å². The van der Waals surface area contributed by atoms with Gasteiger partial charge in [-0.15, -0.1) is 10.2 Å². The molecule has 1 heterocycles. The van der Waals surface area contributed by atoms with E-state index in [1.807, 2.05) is 13.8 Å². The molecule has 2 rings (SSSR count). The molecule has 2 aromatic rings. The van der Waals surface area contributed by atoms with Crippen LogP contribution in [0.15, 0.2) is 24.3 Å². The lowest BCUT2D eigenvalue weighted by Crippen LogP contribution is -2.33. The highest BCUT2D eigenvalue weighted by molar-refractivity contribution is 5.93. The standard InChI is InChI=1S/C14H19N5O2/c1-3-14(21,4-2)9-19-17-13(16-18-19)11-7-5-10(6-8-11)12(15)20/h5-8,21H,3-4,9H2,1-2H3,(H2,15,20). The zero-order chi connectivity index (χ0) is 15.5. The molecule has 0 saturated carbocycles. The molecule has 0 aliphatic carbocycles. The molecule has 0 saturated heterocycles. The number of amides is 1. The maximum absolute atomic E-state index is 11.0. The Morgan fingerprint density at radius 2 is 1.90 bits per heavy atom. The Hall–Kier alpha value is -2.28. The van der Waals surface area contributed by atoms with Gasteiger partial charge in [-0.3, -0.25) is 4.79 Å². The van der Waals surface area contributed by atoms with Crippen molar-refractivity contribution in [3.05, 3.63) is 29.8 Å². The number of aromatic nitrogens is 4. The molecule has 3 N–H and O–H groups in total. The lowest BCUT2D eigenvalue weighted by atomic mass is 9.98. The van der Waals surface area contributed by atoms with E-state index in [0.717, 1.165) is 5.56 Å². The maximum Gasteiger partial charge on any atom is 0.248 e. The first-order chi connectivity index (χ1) is 9.97. The molecule has 0 aliphatic heterocycles. The molecule has 0 aliphatic rings. The normalized spacial score (nSPS) is 11.6. The maximum atomic E-state index is 11.0. The quantitative estimate of drug-likeness (QED) is 0.824. The number of hydrogen-bond donors (Lipinski definition) is 2. The summed E-state index contributed by atoms with van der Waals surface area (Å²) in [5.41, 5.74) is 5.53. The van der Waals surface area contributed by atoms with Crippen LogP contribution >= 0.6 is 0 Å². The van der Waals surface area contributed by atoms with Crippen LogP contribution in [0, 0.1) is 0 Å². The highest BCUT2D eigenvalue weighted by Crippen LogP contribution is 2.18. The summed E-state index contributed by atoms with van der Waals surface area (Å²) in [6.45, 7) is 4.14. The van der Waals surface area contributed by atoms with Crippen molar-refractivity contribution in [3.63, 3.8) is 0 Å². The van der Waals surface area contributed by atoms with Crippen LogP contribution in [0.4, 0.5) is 0 Å². The molecule has 0 bridgehead atoms. The van der Waals surface area contributed by atoms with Crippen molar-refractivity contribution in [1.82, 2.24) is 20.2 Å². The largest absolute Gasteiger partial charge is 0.388 e. The summed E-state index contributed by atoms with van der Waals surface area (Å²) in [6.07, 6.45) is 1.24. The highest BCUT2D eigenvalue weighted by atomic mass is 16.3. The zero-order valence-corrected chi connectivity index (χ0v) is 12.2. The van der Waals surface area contributed by atoms with E-state index < -0.39 is 11.5 Å². The van der Waals surface area contributed by atoms with Crippen LogP contribution in [0.2, 0.25) is 0 Å². The fourth-order valence-electron chi connectivity index (χ4n) is 1.95. The third kappa shape index (κ3) is 3.43. The second-order valence-electron chi connectivity index (χ2n) is 5.02. The van der Waals surface area contributed by atoms with Crippen molar-refractivity contribution in [3.8, 4) is 11.4 Å². The van der Waals surface area contributed by atoms with Gasteiger partial charge in [-0.05, 0) is 30.2 Å². The van der Waals surface area contributed by atoms with E-state index in [1.54, 1.807) is 24.3 Å². The second kappa shape index (κ2) is 6.01. The average molecular weight is 289 g/mol. The third-order valence-electron chi connectivity index (χ3n) is 3.63. The fraction of sp³-hybridized carbons (Fsp3) is 0.429. The van der Waals surface area contributed by atoms with Crippen molar-refractivity contribution < 1.29 is 9.90 Å². The van der Waals surface area contributed by atoms with E-state index in [2.05, 4.69) is 15.4 Å². The Kier molecular flexibility index (Phi) is 4.32. The molecule has 1 aromatic heterocycles. The SMILES string of the molecule is CCC(O)(CC)Cn1nnc(-c2ccc(C(N)=O)cc2)n1. The first-order valence-corrected chi connectivity index (χ1v) is 6.88. The summed E-state index contributed by atoms with van der Waals surface area (Å²) in [6, 6.07) is 6.67. The minimum absolute atomic E-state index is 0.298. The van der Waals surface area contributed by atoms with E-state index in [9.17, 15) is 9.90 Å². The third-order valence-corrected chi connectivity index (χ3v) is 3.63. The number of primary amides is 1. The van der Waals surface area contributed by atoms with Gasteiger partial charge in [0, 0.05) is 11.1 Å². The van der Waals surface area contributed by atoms with Gasteiger partial charge in [0.05, 0.1) is 12.1 Å². The zero-order valence-electron chi connectivity index (χ0n) is 12.2. The molecule has 0 radical (unpaired) electrons. The van der Waals surface area contributed by atoms with Gasteiger partial charge in [0.25, 0.3) is 0 Å². The van der Waals surface area contributed by atoms with Crippen LogP contribution in [0.3, 0.4) is 0 Å². The van der Waals surface area contributed by atoms with Gasteiger partial charge in [0.15, 0.2) is 0 Å². The van der Waals surface area contributed by atoms with Crippen LogP contribution in [-0.2, 0) is 6.54 Å². The van der Waals surface area contributed by atoms with E-state index in [0.29, 0.717) is 30.8 Å². The number of nitrogens with zero attached hydrogens (tertiary/aromatic N) is 4. The van der Waals surface area contributed by atoms with E-state index in [4.69, 9.17) is 5.73 Å². The summed E-state index contributed by atoms with van der Waals surface area (Å²) in [5, 5.41) is 22.5. The number of carbonyl (C=O) groups excluding carboxylic acids is 1. The predicted molar refractivity (Wildman–Crippen MR) is 77.3 cm³/mol. The van der Waals surface area contributed by atoms with Crippen molar-refractivity contribution in [2.45, 2.75) is 38.8 Å². The summed E-state index contributed by atoms with van der Waals surface area (Å²) in [4.78, 5) is 12.4. The number of carbonyl (C=O) groups is 1. The van der Waals surface area contributed by atoms with Crippen molar-refractivity contribution in [2.75, 3.05) is 0 Å². The molecule has 7 heteroatoms. The first-order valence-electron chi connectivity index (χ1n) is 6.88. The van der Waals surface area contributed by atoms with Crippen LogP contribution in [0.5, 0.6) is 0 Å². The van der Waals surface area contributed by atoms with E-state index in [1.165, 1.54) is 4.80 Å². The topological polar surface area (TPSA) is 107 Å². The van der Waals surface area contributed by atoms with Crippen molar-refractivity contribution in [1.29, 1.82) is 0 Å². The molecule has 21 heavy (non-hydrogen) atoms. The second-order valence-corrected chi connectivity index (χ2v) is 5.02. The van der Waals surface area contributed by atoms with Gasteiger partial charge >= 0.3 is 0 Å². The molecule has 1 amide bonds. The Balaban J connectivity index is 2.18. The smallest absolute Gasteiger partial charge is 0.248 e. The molecule has 0 atom stereocenters. The van der Waals surface area contributed by atoms with Crippen LogP contribution < -0.4 is 5.73 Å². The summed E-state index contributed by atoms with van der Waals surface area (Å²) < 4.78 is 0. The van der Waals surface area contributed by atoms with E-state index >= 15 is 0 Å². The van der Waals surface area contributed by atoms with Gasteiger partial charge in [-0.25, -0.2) is 0 Å². The number of nitrogens with two attached hydrogens (primary N) is 1. The number of tetrazole rings is 1. The Bertz CT molecular complexity index is 617. The lowest BCUT2D eigenvalue weighted by molar-refractivity contribution is 0.00763. The van der Waals surface area contributed by atoms with Gasteiger partial charge in [0.2, 0.25) is 11.7 Å². The Morgan fingerprint density at radius 1 is 1.29 bits per heavy atom. The monoisotopic (exact) mass is 289 g/mol. The summed E-state index contributed by atoms with van der Waals surface area (Å²) >= 11 is 0. The summed E-state index contributed by atoms with van der Waals surface area (Å²) in [5.74, 6) is -0.0327. The average Bonchev–Trinajstić information content (AvgIpc) is 2.95. The van der Waals surface area contributed by atoms with Crippen LogP contribution in [-0.4, -0.2) is 36.8 Å². The fourth-order valence-corrected chi connectivity index (χ4v) is 1.95. The minimum Gasteiger partial charge on any atom is -0.388 e. The molecule has 7 nitrogen and oxygen atoms in total. The Morgan fingerprint density at radius 3 is 2.43 bits per heavy atom. The minimum atomic E-state index is -0.826. The molecular weight excluding hydrogens is 270 g/mol. The van der Waals surface area contributed by atoms with Gasteiger partial charge in [-0.2, -0.15) is 4.80 Å². The predicted octanol–water partition coefficient (Wildman–Crippen LogP) is 0.990. The molecule has 0 fully saturated rings.